The molecular formula is C24H32N7O9P. The second-order valence-corrected chi connectivity index (χ2v) is 11.1. The zero-order valence-electron chi connectivity index (χ0n) is 22.3. The standard InChI is InChI=1S/C24H32N7O9P/c1-3-38-41(37,39-4-2)10-13-5-7-14(8-6-13)30-15(32)9-26-23(36)19(35)20-17(33)18(34)24(40-20)31-12-29-16-21(25)27-11-28-22(16)31/h5-8,11-12,17-20,24,33-35H,3-4,9-10H2,1-2H3,(H,26,36)(H,30,32)(H2,25,27,28)/t17-,18+,19?,20-,24+/m0/s1. The monoisotopic (exact) mass is 593 g/mol. The van der Waals surface area contributed by atoms with Gasteiger partial charge in [-0.25, -0.2) is 15.0 Å². The summed E-state index contributed by atoms with van der Waals surface area (Å²) in [7, 11) is -3.28. The molecule has 0 radical (unpaired) electrons. The maximum atomic E-state index is 12.7. The van der Waals surface area contributed by atoms with Gasteiger partial charge in [-0.2, -0.15) is 0 Å². The maximum absolute atomic E-state index is 12.7. The Labute approximate surface area is 234 Å². The molecule has 0 saturated carbocycles. The van der Waals surface area contributed by atoms with Crippen molar-refractivity contribution in [2.45, 2.75) is 50.7 Å². The molecule has 1 aliphatic rings. The number of aliphatic hydroxyl groups is 3. The predicted molar refractivity (Wildman–Crippen MR) is 144 cm³/mol. The number of rotatable bonds is 12. The minimum absolute atomic E-state index is 0.0698. The van der Waals surface area contributed by atoms with E-state index >= 15 is 0 Å². The number of benzene rings is 1. The molecule has 4 rings (SSSR count). The normalized spacial score (nSPS) is 21.6. The summed E-state index contributed by atoms with van der Waals surface area (Å²) < 4.78 is 30.2. The first-order valence-electron chi connectivity index (χ1n) is 12.7. The SMILES string of the molecule is CCOP(=O)(Cc1ccc(NC(=O)CNC(=O)C(O)[C@H]2O[C@@H](n3cnc4c(N)ncnc43)[C@H](O)[C@@H]2O)cc1)OCC. The third-order valence-corrected chi connectivity index (χ3v) is 8.26. The zero-order valence-corrected chi connectivity index (χ0v) is 23.2. The number of anilines is 2. The van der Waals surface area contributed by atoms with Crippen molar-refractivity contribution in [2.24, 2.45) is 0 Å². The van der Waals surface area contributed by atoms with Crippen LogP contribution in [0.4, 0.5) is 11.5 Å². The fourth-order valence-electron chi connectivity index (χ4n) is 4.30. The zero-order chi connectivity index (χ0) is 29.7. The van der Waals surface area contributed by atoms with Gasteiger partial charge in [0.1, 0.15) is 30.2 Å². The highest BCUT2D eigenvalue weighted by molar-refractivity contribution is 7.53. The second kappa shape index (κ2) is 13.0. The van der Waals surface area contributed by atoms with Crippen LogP contribution in [0.1, 0.15) is 25.6 Å². The van der Waals surface area contributed by atoms with E-state index in [9.17, 15) is 29.5 Å². The number of fused-ring (bicyclic) bond motifs is 1. The van der Waals surface area contributed by atoms with Crippen LogP contribution in [0.2, 0.25) is 0 Å². The molecular weight excluding hydrogens is 561 g/mol. The summed E-state index contributed by atoms with van der Waals surface area (Å²) in [6, 6.07) is 6.50. The van der Waals surface area contributed by atoms with Crippen molar-refractivity contribution in [1.82, 2.24) is 24.8 Å². The van der Waals surface area contributed by atoms with E-state index in [1.165, 1.54) is 17.2 Å². The predicted octanol–water partition coefficient (Wildman–Crippen LogP) is -0.0904. The van der Waals surface area contributed by atoms with Crippen molar-refractivity contribution in [3.63, 3.8) is 0 Å². The first-order chi connectivity index (χ1) is 19.6. The number of imidazole rings is 1. The van der Waals surface area contributed by atoms with Gasteiger partial charge >= 0.3 is 7.60 Å². The van der Waals surface area contributed by atoms with Crippen LogP contribution in [0, 0.1) is 0 Å². The van der Waals surface area contributed by atoms with Crippen LogP contribution in [0.15, 0.2) is 36.9 Å². The number of aromatic nitrogens is 4. The molecule has 1 aliphatic heterocycles. The van der Waals surface area contributed by atoms with Gasteiger partial charge in [-0.15, -0.1) is 0 Å². The Morgan fingerprint density at radius 3 is 2.46 bits per heavy atom. The summed E-state index contributed by atoms with van der Waals surface area (Å²) in [5, 5.41) is 36.4. The molecule has 2 amide bonds. The van der Waals surface area contributed by atoms with Crippen LogP contribution in [0.5, 0.6) is 0 Å². The number of ether oxygens (including phenoxy) is 1. The lowest BCUT2D eigenvalue weighted by atomic mass is 10.0. The number of aliphatic hydroxyl groups excluding tert-OH is 3. The molecule has 1 unspecified atom stereocenters. The molecule has 0 spiro atoms. The summed E-state index contributed by atoms with van der Waals surface area (Å²) in [6.07, 6.45) is -5.33. The minimum atomic E-state index is -3.28. The average molecular weight is 594 g/mol. The summed E-state index contributed by atoms with van der Waals surface area (Å²) in [5.41, 5.74) is 7.33. The quantitative estimate of drug-likeness (QED) is 0.151. The lowest BCUT2D eigenvalue weighted by Crippen LogP contribution is -2.48. The van der Waals surface area contributed by atoms with Gasteiger partial charge in [0.05, 0.1) is 32.2 Å². The molecule has 3 heterocycles. The van der Waals surface area contributed by atoms with E-state index in [1.807, 2.05) is 0 Å². The molecule has 16 nitrogen and oxygen atoms in total. The fraction of sp³-hybridized carbons (Fsp3) is 0.458. The van der Waals surface area contributed by atoms with Crippen molar-refractivity contribution in [3.8, 4) is 0 Å². The molecule has 222 valence electrons. The van der Waals surface area contributed by atoms with Gasteiger partial charge in [-0.05, 0) is 31.5 Å². The Bertz CT molecular complexity index is 1410. The van der Waals surface area contributed by atoms with E-state index in [0.29, 0.717) is 11.3 Å². The molecule has 3 aromatic rings. The van der Waals surface area contributed by atoms with Gasteiger partial charge < -0.3 is 45.5 Å². The number of amides is 2. The largest absolute Gasteiger partial charge is 0.387 e. The van der Waals surface area contributed by atoms with Crippen LogP contribution >= 0.6 is 7.60 Å². The first kappa shape index (κ1) is 30.5. The van der Waals surface area contributed by atoms with Crippen molar-refractivity contribution in [1.29, 1.82) is 0 Å². The molecule has 5 atom stereocenters. The van der Waals surface area contributed by atoms with E-state index in [4.69, 9.17) is 19.5 Å². The highest BCUT2D eigenvalue weighted by Gasteiger charge is 2.49. The molecule has 1 aromatic carbocycles. The first-order valence-corrected chi connectivity index (χ1v) is 14.5. The van der Waals surface area contributed by atoms with E-state index in [0.717, 1.165) is 0 Å². The minimum Gasteiger partial charge on any atom is -0.387 e. The number of carbonyl (C=O) groups is 2. The van der Waals surface area contributed by atoms with E-state index in [-0.39, 0.29) is 36.4 Å². The second-order valence-electron chi connectivity index (χ2n) is 9.07. The smallest absolute Gasteiger partial charge is 0.335 e. The van der Waals surface area contributed by atoms with E-state index in [2.05, 4.69) is 25.6 Å². The molecule has 0 bridgehead atoms. The van der Waals surface area contributed by atoms with Gasteiger partial charge in [0, 0.05) is 5.69 Å². The number of nitrogens with zero attached hydrogens (tertiary/aromatic N) is 4. The van der Waals surface area contributed by atoms with Crippen molar-refractivity contribution < 1.29 is 43.3 Å². The van der Waals surface area contributed by atoms with E-state index < -0.39 is 56.6 Å². The molecule has 2 aromatic heterocycles. The van der Waals surface area contributed by atoms with Crippen molar-refractivity contribution in [3.05, 3.63) is 42.5 Å². The van der Waals surface area contributed by atoms with Gasteiger partial charge in [0.2, 0.25) is 5.91 Å². The van der Waals surface area contributed by atoms with Crippen molar-refractivity contribution in [2.75, 3.05) is 30.8 Å². The average Bonchev–Trinajstić information content (AvgIpc) is 3.49. The number of carbonyl (C=O) groups excluding carboxylic acids is 2. The lowest BCUT2D eigenvalue weighted by molar-refractivity contribution is -0.144. The molecule has 7 N–H and O–H groups in total. The summed E-state index contributed by atoms with van der Waals surface area (Å²) in [4.78, 5) is 36.9. The number of hydrogen-bond acceptors (Lipinski definition) is 13. The Hall–Kier alpha value is -3.50. The van der Waals surface area contributed by atoms with Crippen LogP contribution in [0.25, 0.3) is 11.2 Å². The number of hydrogen-bond donors (Lipinski definition) is 6. The van der Waals surface area contributed by atoms with Gasteiger partial charge in [-0.1, -0.05) is 12.1 Å². The summed E-state index contributed by atoms with van der Waals surface area (Å²) in [5.74, 6) is -1.50. The molecule has 41 heavy (non-hydrogen) atoms. The van der Waals surface area contributed by atoms with E-state index in [1.54, 1.807) is 38.1 Å². The Morgan fingerprint density at radius 2 is 1.80 bits per heavy atom. The van der Waals surface area contributed by atoms with Gasteiger partial charge in [-0.3, -0.25) is 18.7 Å². The number of nitrogens with one attached hydrogen (secondary N) is 2. The molecule has 1 fully saturated rings. The number of nitrogen functional groups attached to an aromatic ring is 1. The summed E-state index contributed by atoms with van der Waals surface area (Å²) in [6.45, 7) is 3.43. The third kappa shape index (κ3) is 6.87. The molecule has 17 heteroatoms. The fourth-order valence-corrected chi connectivity index (χ4v) is 6.00. The van der Waals surface area contributed by atoms with Crippen molar-refractivity contribution >= 4 is 42.1 Å². The Morgan fingerprint density at radius 1 is 1.12 bits per heavy atom. The highest BCUT2D eigenvalue weighted by Crippen LogP contribution is 2.51. The Balaban J connectivity index is 1.30. The van der Waals surface area contributed by atoms with Gasteiger partial charge in [0.25, 0.3) is 5.91 Å². The topological polar surface area (TPSA) is 233 Å². The van der Waals surface area contributed by atoms with Crippen LogP contribution in [-0.4, -0.2) is 90.8 Å². The number of nitrogens with two attached hydrogens (primary N) is 1. The molecule has 1 saturated heterocycles. The maximum Gasteiger partial charge on any atom is 0.335 e. The Kier molecular flexibility index (Phi) is 9.65. The molecule has 0 aliphatic carbocycles. The summed E-state index contributed by atoms with van der Waals surface area (Å²) >= 11 is 0. The van der Waals surface area contributed by atoms with Gasteiger partial charge in [0.15, 0.2) is 23.8 Å². The van der Waals surface area contributed by atoms with Crippen LogP contribution in [0.3, 0.4) is 0 Å². The van der Waals surface area contributed by atoms with Crippen LogP contribution in [-0.2, 0) is 34.1 Å². The lowest BCUT2D eigenvalue weighted by Gasteiger charge is -2.20. The third-order valence-electron chi connectivity index (χ3n) is 6.20. The van der Waals surface area contributed by atoms with Crippen LogP contribution < -0.4 is 16.4 Å². The highest BCUT2D eigenvalue weighted by atomic mass is 31.2.